The van der Waals surface area contributed by atoms with Crippen LogP contribution in [0.15, 0.2) is 11.4 Å². The van der Waals surface area contributed by atoms with Crippen molar-refractivity contribution < 1.29 is 38.3 Å². The molecule has 1 aliphatic rings. The van der Waals surface area contributed by atoms with E-state index >= 15 is 0 Å². The summed E-state index contributed by atoms with van der Waals surface area (Å²) in [6.45, 7) is 4.58. The van der Waals surface area contributed by atoms with E-state index in [0.29, 0.717) is 0 Å². The second-order valence-electron chi connectivity index (χ2n) is 7.52. The summed E-state index contributed by atoms with van der Waals surface area (Å²) in [6, 6.07) is 0. The molecular formula is C19H21ClN4O9S. The summed E-state index contributed by atoms with van der Waals surface area (Å²) >= 11 is 7.40. The first kappa shape index (κ1) is 25.6. The van der Waals surface area contributed by atoms with Crippen LogP contribution < -0.4 is 0 Å². The second-order valence-corrected chi connectivity index (χ2v) is 8.65. The maximum atomic E-state index is 12.0. The molecular weight excluding hydrogens is 496 g/mol. The van der Waals surface area contributed by atoms with Crippen LogP contribution in [0, 0.1) is 10.1 Å². The van der Waals surface area contributed by atoms with Crippen molar-refractivity contribution in [2.45, 2.75) is 56.9 Å². The summed E-state index contributed by atoms with van der Waals surface area (Å²) in [7, 11) is 0. The van der Waals surface area contributed by atoms with E-state index in [1.807, 2.05) is 0 Å². The molecule has 3 rings (SSSR count). The van der Waals surface area contributed by atoms with E-state index in [1.165, 1.54) is 18.4 Å². The molecule has 0 spiro atoms. The van der Waals surface area contributed by atoms with E-state index in [-0.39, 0.29) is 27.9 Å². The maximum absolute atomic E-state index is 12.0. The number of carbonyl (C=O) groups excluding carboxylic acids is 3. The van der Waals surface area contributed by atoms with Gasteiger partial charge in [-0.15, -0.1) is 0 Å². The number of nitrogens with zero attached hydrogens (tertiary/aromatic N) is 4. The van der Waals surface area contributed by atoms with E-state index in [0.717, 1.165) is 31.8 Å². The maximum Gasteiger partial charge on any atom is 0.303 e. The molecule has 1 unspecified atom stereocenters. The Hall–Kier alpha value is -2.97. The predicted octanol–water partition coefficient (Wildman–Crippen LogP) is 2.43. The zero-order valence-electron chi connectivity index (χ0n) is 18.8. The van der Waals surface area contributed by atoms with Crippen LogP contribution in [0.2, 0.25) is 5.15 Å². The fraction of sp³-hybridized carbons (Fsp3) is 0.526. The van der Waals surface area contributed by atoms with E-state index in [1.54, 1.807) is 6.26 Å². The van der Waals surface area contributed by atoms with E-state index in [2.05, 4.69) is 9.97 Å². The lowest BCUT2D eigenvalue weighted by molar-refractivity contribution is -0.383. The summed E-state index contributed by atoms with van der Waals surface area (Å²) in [6.07, 6.45) is -0.762. The highest BCUT2D eigenvalue weighted by atomic mass is 35.5. The van der Waals surface area contributed by atoms with Gasteiger partial charge in [0.1, 0.15) is 23.3 Å². The Bertz CT molecular complexity index is 1170. The number of esters is 3. The highest BCUT2D eigenvalue weighted by Gasteiger charge is 2.60. The largest absolute Gasteiger partial charge is 0.463 e. The van der Waals surface area contributed by atoms with Crippen molar-refractivity contribution in [2.75, 3.05) is 12.9 Å². The fourth-order valence-electron chi connectivity index (χ4n) is 3.82. The third-order valence-corrected chi connectivity index (χ3v) is 5.84. The number of halogens is 1. The molecule has 0 saturated carbocycles. The van der Waals surface area contributed by atoms with Gasteiger partial charge in [0.25, 0.3) is 5.69 Å². The highest BCUT2D eigenvalue weighted by Crippen LogP contribution is 2.46. The average molecular weight is 517 g/mol. The van der Waals surface area contributed by atoms with Gasteiger partial charge in [-0.1, -0.05) is 23.4 Å². The van der Waals surface area contributed by atoms with Gasteiger partial charge in [0, 0.05) is 20.8 Å². The fourth-order valence-corrected chi connectivity index (χ4v) is 4.49. The lowest BCUT2D eigenvalue weighted by Gasteiger charge is -2.34. The molecule has 15 heteroatoms. The minimum Gasteiger partial charge on any atom is -0.463 e. The Balaban J connectivity index is 2.25. The molecule has 2 aromatic heterocycles. The van der Waals surface area contributed by atoms with Crippen LogP contribution in [0.3, 0.4) is 0 Å². The van der Waals surface area contributed by atoms with Crippen LogP contribution >= 0.6 is 23.4 Å². The highest BCUT2D eigenvalue weighted by molar-refractivity contribution is 7.98. The van der Waals surface area contributed by atoms with Gasteiger partial charge in [0.2, 0.25) is 0 Å². The number of rotatable bonds is 7. The number of hydrogen-bond acceptors (Lipinski definition) is 12. The summed E-state index contributed by atoms with van der Waals surface area (Å²) in [5.41, 5.74) is -2.07. The number of thioether (sulfide) groups is 1. The summed E-state index contributed by atoms with van der Waals surface area (Å²) < 4.78 is 23.3. The molecule has 0 bridgehead atoms. The van der Waals surface area contributed by atoms with Crippen molar-refractivity contribution in [1.82, 2.24) is 14.5 Å². The van der Waals surface area contributed by atoms with Gasteiger partial charge in [0.05, 0.1) is 11.1 Å². The van der Waals surface area contributed by atoms with Gasteiger partial charge in [-0.05, 0) is 13.2 Å². The van der Waals surface area contributed by atoms with Crippen molar-refractivity contribution in [3.8, 4) is 0 Å². The average Bonchev–Trinajstić information content (AvgIpc) is 3.22. The molecule has 4 atom stereocenters. The number of nitro groups is 1. The topological polar surface area (TPSA) is 162 Å². The van der Waals surface area contributed by atoms with Gasteiger partial charge in [0.15, 0.2) is 28.7 Å². The lowest BCUT2D eigenvalue weighted by atomic mass is 9.95. The van der Waals surface area contributed by atoms with Crippen LogP contribution in [-0.2, 0) is 33.3 Å². The minimum absolute atomic E-state index is 0.0362. The molecule has 1 saturated heterocycles. The van der Waals surface area contributed by atoms with E-state index in [9.17, 15) is 24.5 Å². The van der Waals surface area contributed by atoms with Gasteiger partial charge < -0.3 is 18.9 Å². The Morgan fingerprint density at radius 3 is 2.47 bits per heavy atom. The molecule has 184 valence electrons. The molecule has 0 aliphatic carbocycles. The predicted molar refractivity (Wildman–Crippen MR) is 117 cm³/mol. The molecule has 0 N–H and O–H groups in total. The minimum atomic E-state index is -1.70. The van der Waals surface area contributed by atoms with Crippen molar-refractivity contribution in [2.24, 2.45) is 0 Å². The van der Waals surface area contributed by atoms with Crippen molar-refractivity contribution in [1.29, 1.82) is 0 Å². The Kier molecular flexibility index (Phi) is 7.33. The van der Waals surface area contributed by atoms with Crippen LogP contribution in [0.4, 0.5) is 5.69 Å². The van der Waals surface area contributed by atoms with Gasteiger partial charge in [-0.2, -0.15) is 0 Å². The van der Waals surface area contributed by atoms with Crippen LogP contribution in [-0.4, -0.2) is 68.0 Å². The molecule has 0 amide bonds. The van der Waals surface area contributed by atoms with Gasteiger partial charge in [-0.25, -0.2) is 9.97 Å². The van der Waals surface area contributed by atoms with E-state index in [4.69, 9.17) is 30.5 Å². The molecule has 13 nitrogen and oxygen atoms in total. The molecule has 1 fully saturated rings. The molecule has 0 aromatic carbocycles. The monoisotopic (exact) mass is 516 g/mol. The summed E-state index contributed by atoms with van der Waals surface area (Å²) in [4.78, 5) is 54.8. The van der Waals surface area contributed by atoms with Gasteiger partial charge in [-0.3, -0.25) is 29.1 Å². The molecule has 2 aromatic rings. The second kappa shape index (κ2) is 9.72. The Morgan fingerprint density at radius 2 is 1.94 bits per heavy atom. The first-order valence-electron chi connectivity index (χ1n) is 9.81. The van der Waals surface area contributed by atoms with Gasteiger partial charge >= 0.3 is 17.9 Å². The first-order valence-corrected chi connectivity index (χ1v) is 11.4. The molecule has 3 heterocycles. The zero-order chi connectivity index (χ0) is 25.4. The number of hydrogen-bond donors (Lipinski definition) is 0. The normalized spacial score (nSPS) is 24.1. The molecule has 34 heavy (non-hydrogen) atoms. The van der Waals surface area contributed by atoms with Crippen LogP contribution in [0.5, 0.6) is 0 Å². The zero-order valence-corrected chi connectivity index (χ0v) is 20.3. The standard InChI is InChI=1S/C19H21ClN4O9S/c1-8(25)30-7-12-14(31-9(2)26)19(4,33-10(3)27)17(32-12)23-6-11(24(28)29)13-15(20)21-18(34-5)22-16(13)23/h6,12,14,17H,7H2,1-5H3/t12-,14-,17?,19+/m1/s1. The Labute approximate surface area is 202 Å². The van der Waals surface area contributed by atoms with E-state index < -0.39 is 52.6 Å². The first-order chi connectivity index (χ1) is 15.9. The summed E-state index contributed by atoms with van der Waals surface area (Å²) in [5.74, 6) is -2.06. The lowest BCUT2D eigenvalue weighted by Crippen LogP contribution is -2.50. The summed E-state index contributed by atoms with van der Waals surface area (Å²) in [5, 5.41) is 11.8. The third-order valence-electron chi connectivity index (χ3n) is 5.02. The SMILES string of the molecule is CSc1nc(Cl)c2c([N+](=O)[O-])cn(C3O[C@H](COC(C)=O)[C@@H](OC(C)=O)[C@]3(C)OC(C)=O)c2n1. The number of fused-ring (bicyclic) bond motifs is 1. The third kappa shape index (κ3) is 4.79. The number of ether oxygens (including phenoxy) is 4. The van der Waals surface area contributed by atoms with Crippen LogP contribution in [0.25, 0.3) is 11.0 Å². The van der Waals surface area contributed by atoms with Crippen molar-refractivity contribution in [3.05, 3.63) is 21.5 Å². The number of carbonyl (C=O) groups is 3. The van der Waals surface area contributed by atoms with Crippen molar-refractivity contribution >= 4 is 58.0 Å². The molecule has 0 radical (unpaired) electrons. The Morgan fingerprint density at radius 1 is 1.26 bits per heavy atom. The smallest absolute Gasteiger partial charge is 0.303 e. The quantitative estimate of drug-likeness (QED) is 0.101. The number of aromatic nitrogens is 3. The van der Waals surface area contributed by atoms with Crippen molar-refractivity contribution in [3.63, 3.8) is 0 Å². The molecule has 1 aliphatic heterocycles. The van der Waals surface area contributed by atoms with Crippen LogP contribution in [0.1, 0.15) is 33.9 Å².